The normalized spacial score (nSPS) is 13.3. The van der Waals surface area contributed by atoms with E-state index in [9.17, 15) is 18.7 Å². The summed E-state index contributed by atoms with van der Waals surface area (Å²) in [6.45, 7) is 1.75. The molecule has 0 spiro atoms. The molecule has 3 nitrogen and oxygen atoms in total. The number of benzene rings is 2. The van der Waals surface area contributed by atoms with Crippen molar-refractivity contribution < 1.29 is 18.7 Å². The third kappa shape index (κ3) is 5.13. The molecular formula is C19H21F2NO2. The first-order valence-corrected chi connectivity index (χ1v) is 7.87. The topological polar surface area (TPSA) is 49.3 Å². The molecule has 0 bridgehead atoms. The molecule has 2 aromatic carbocycles. The van der Waals surface area contributed by atoms with Gasteiger partial charge in [0.1, 0.15) is 5.60 Å². The first-order chi connectivity index (χ1) is 11.4. The van der Waals surface area contributed by atoms with Gasteiger partial charge in [-0.15, -0.1) is 0 Å². The van der Waals surface area contributed by atoms with Gasteiger partial charge in [-0.2, -0.15) is 0 Å². The van der Waals surface area contributed by atoms with E-state index in [1.54, 1.807) is 19.1 Å². The van der Waals surface area contributed by atoms with Crippen LogP contribution >= 0.6 is 0 Å². The van der Waals surface area contributed by atoms with Gasteiger partial charge in [0.15, 0.2) is 11.6 Å². The van der Waals surface area contributed by atoms with Crippen LogP contribution in [0, 0.1) is 11.6 Å². The number of aryl methyl sites for hydroxylation is 1. The van der Waals surface area contributed by atoms with E-state index in [2.05, 4.69) is 5.32 Å². The first kappa shape index (κ1) is 18.1. The quantitative estimate of drug-likeness (QED) is 0.817. The summed E-state index contributed by atoms with van der Waals surface area (Å²) in [5.74, 6) is -1.94. The molecule has 0 aliphatic heterocycles. The van der Waals surface area contributed by atoms with E-state index in [1.165, 1.54) is 6.07 Å². The molecule has 2 aromatic rings. The van der Waals surface area contributed by atoms with Crippen LogP contribution in [0.4, 0.5) is 8.78 Å². The van der Waals surface area contributed by atoms with Crippen LogP contribution in [0.3, 0.4) is 0 Å². The van der Waals surface area contributed by atoms with Crippen molar-refractivity contribution >= 4 is 5.91 Å². The van der Waals surface area contributed by atoms with E-state index >= 15 is 0 Å². The maximum Gasteiger partial charge on any atom is 0.220 e. The van der Waals surface area contributed by atoms with Gasteiger partial charge >= 0.3 is 0 Å². The minimum Gasteiger partial charge on any atom is -0.384 e. The van der Waals surface area contributed by atoms with Gasteiger partial charge in [0, 0.05) is 6.42 Å². The molecule has 5 heteroatoms. The minimum absolute atomic E-state index is 0.112. The zero-order valence-electron chi connectivity index (χ0n) is 13.6. The number of halogens is 2. The number of rotatable bonds is 7. The van der Waals surface area contributed by atoms with E-state index in [0.29, 0.717) is 18.4 Å². The number of carbonyl (C=O) groups excluding carboxylic acids is 1. The highest BCUT2D eigenvalue weighted by Crippen LogP contribution is 2.19. The standard InChI is InChI=1S/C19H21F2NO2/c1-19(24,15-7-3-2-4-8-15)13-22-18(23)9-5-6-14-10-11-16(20)17(21)12-14/h2-4,7-8,10-12,24H,5-6,9,13H2,1H3,(H,22,23). The summed E-state index contributed by atoms with van der Waals surface area (Å²) >= 11 is 0. The van der Waals surface area contributed by atoms with Crippen LogP contribution in [0.5, 0.6) is 0 Å². The van der Waals surface area contributed by atoms with Crippen LogP contribution in [0.25, 0.3) is 0 Å². The van der Waals surface area contributed by atoms with Gasteiger partial charge in [0.2, 0.25) is 5.91 Å². The van der Waals surface area contributed by atoms with Crippen molar-refractivity contribution in [2.75, 3.05) is 6.54 Å². The van der Waals surface area contributed by atoms with Gasteiger partial charge in [0.25, 0.3) is 0 Å². The molecule has 0 aliphatic carbocycles. The van der Waals surface area contributed by atoms with Crippen LogP contribution < -0.4 is 5.32 Å². The molecule has 0 fully saturated rings. The maximum absolute atomic E-state index is 13.1. The SMILES string of the molecule is CC(O)(CNC(=O)CCCc1ccc(F)c(F)c1)c1ccccc1. The van der Waals surface area contributed by atoms with Crippen LogP contribution in [-0.4, -0.2) is 17.6 Å². The molecule has 0 radical (unpaired) electrons. The second-order valence-electron chi connectivity index (χ2n) is 6.02. The molecular weight excluding hydrogens is 312 g/mol. The Morgan fingerprint density at radius 3 is 2.50 bits per heavy atom. The van der Waals surface area contributed by atoms with Gasteiger partial charge in [0.05, 0.1) is 6.54 Å². The summed E-state index contributed by atoms with van der Waals surface area (Å²) in [6.07, 6.45) is 1.26. The third-order valence-corrected chi connectivity index (χ3v) is 3.88. The monoisotopic (exact) mass is 333 g/mol. The summed E-state index contributed by atoms with van der Waals surface area (Å²) in [5.41, 5.74) is 0.238. The van der Waals surface area contributed by atoms with Gasteiger partial charge in [-0.25, -0.2) is 8.78 Å². The highest BCUT2D eigenvalue weighted by molar-refractivity contribution is 5.75. The molecule has 1 amide bonds. The molecule has 24 heavy (non-hydrogen) atoms. The third-order valence-electron chi connectivity index (χ3n) is 3.88. The zero-order chi connectivity index (χ0) is 17.6. The smallest absolute Gasteiger partial charge is 0.220 e. The molecule has 0 heterocycles. The Hall–Kier alpha value is -2.27. The lowest BCUT2D eigenvalue weighted by Gasteiger charge is -2.24. The fourth-order valence-electron chi connectivity index (χ4n) is 2.41. The van der Waals surface area contributed by atoms with Crippen molar-refractivity contribution in [2.45, 2.75) is 31.8 Å². The predicted molar refractivity (Wildman–Crippen MR) is 88.3 cm³/mol. The van der Waals surface area contributed by atoms with E-state index < -0.39 is 17.2 Å². The van der Waals surface area contributed by atoms with Crippen LogP contribution in [0.2, 0.25) is 0 Å². The van der Waals surface area contributed by atoms with E-state index in [1.807, 2.05) is 18.2 Å². The average molecular weight is 333 g/mol. The van der Waals surface area contributed by atoms with E-state index in [0.717, 1.165) is 17.7 Å². The van der Waals surface area contributed by atoms with Gasteiger partial charge in [-0.05, 0) is 43.0 Å². The summed E-state index contributed by atoms with van der Waals surface area (Å²) < 4.78 is 25.9. The predicted octanol–water partition coefficient (Wildman–Crippen LogP) is 3.31. The Morgan fingerprint density at radius 2 is 1.83 bits per heavy atom. The van der Waals surface area contributed by atoms with Crippen LogP contribution in [0.15, 0.2) is 48.5 Å². The maximum atomic E-state index is 13.1. The molecule has 1 unspecified atom stereocenters. The van der Waals surface area contributed by atoms with Crippen molar-refractivity contribution in [2.24, 2.45) is 0 Å². The van der Waals surface area contributed by atoms with Crippen molar-refractivity contribution in [3.8, 4) is 0 Å². The fourth-order valence-corrected chi connectivity index (χ4v) is 2.41. The van der Waals surface area contributed by atoms with Crippen molar-refractivity contribution in [1.82, 2.24) is 5.32 Å². The lowest BCUT2D eigenvalue weighted by atomic mass is 9.96. The molecule has 0 aromatic heterocycles. The second-order valence-corrected chi connectivity index (χ2v) is 6.02. The Morgan fingerprint density at radius 1 is 1.12 bits per heavy atom. The Balaban J connectivity index is 1.76. The van der Waals surface area contributed by atoms with Crippen molar-refractivity contribution in [3.05, 3.63) is 71.3 Å². The summed E-state index contributed by atoms with van der Waals surface area (Å²) in [6, 6.07) is 12.9. The molecule has 0 aliphatic rings. The van der Waals surface area contributed by atoms with Gasteiger partial charge in [-0.1, -0.05) is 36.4 Å². The molecule has 128 valence electrons. The molecule has 2 N–H and O–H groups in total. The molecule has 1 atom stereocenters. The highest BCUT2D eigenvalue weighted by atomic mass is 19.2. The first-order valence-electron chi connectivity index (χ1n) is 7.87. The molecule has 2 rings (SSSR count). The minimum atomic E-state index is -1.14. The van der Waals surface area contributed by atoms with Gasteiger partial charge in [-0.3, -0.25) is 4.79 Å². The van der Waals surface area contributed by atoms with E-state index in [4.69, 9.17) is 0 Å². The molecule has 0 saturated heterocycles. The number of hydrogen-bond donors (Lipinski definition) is 2. The fraction of sp³-hybridized carbons (Fsp3) is 0.316. The van der Waals surface area contributed by atoms with Crippen molar-refractivity contribution in [3.63, 3.8) is 0 Å². The number of carbonyl (C=O) groups is 1. The number of hydrogen-bond acceptors (Lipinski definition) is 2. The molecule has 0 saturated carbocycles. The van der Waals surface area contributed by atoms with Crippen LogP contribution in [-0.2, 0) is 16.8 Å². The summed E-state index contributed by atoms with van der Waals surface area (Å²) in [4.78, 5) is 11.9. The lowest BCUT2D eigenvalue weighted by Crippen LogP contribution is -2.38. The Bertz CT molecular complexity index is 687. The zero-order valence-corrected chi connectivity index (χ0v) is 13.6. The number of amides is 1. The average Bonchev–Trinajstić information content (AvgIpc) is 2.57. The number of nitrogens with one attached hydrogen (secondary N) is 1. The Kier molecular flexibility index (Phi) is 6.04. The van der Waals surface area contributed by atoms with E-state index in [-0.39, 0.29) is 18.9 Å². The summed E-state index contributed by atoms with van der Waals surface area (Å²) in [7, 11) is 0. The lowest BCUT2D eigenvalue weighted by molar-refractivity contribution is -0.122. The van der Waals surface area contributed by atoms with Gasteiger partial charge < -0.3 is 10.4 Å². The largest absolute Gasteiger partial charge is 0.384 e. The Labute approximate surface area is 140 Å². The highest BCUT2D eigenvalue weighted by Gasteiger charge is 2.23. The van der Waals surface area contributed by atoms with Crippen LogP contribution in [0.1, 0.15) is 30.9 Å². The van der Waals surface area contributed by atoms with Crippen molar-refractivity contribution in [1.29, 1.82) is 0 Å². The number of aliphatic hydroxyl groups is 1. The summed E-state index contributed by atoms with van der Waals surface area (Å²) in [5, 5.41) is 13.1. The second kappa shape index (κ2) is 8.02.